The molecule has 2 aliphatic rings. The Morgan fingerprint density at radius 2 is 2.00 bits per heavy atom. The molecule has 9 heteroatoms. The van der Waals surface area contributed by atoms with E-state index in [-0.39, 0.29) is 5.54 Å². The summed E-state index contributed by atoms with van der Waals surface area (Å²) < 4.78 is 13.8. The molecule has 2 saturated heterocycles. The molecule has 5 rings (SSSR count). The lowest BCUT2D eigenvalue weighted by Gasteiger charge is -2.35. The molecule has 0 aliphatic carbocycles. The summed E-state index contributed by atoms with van der Waals surface area (Å²) in [5.41, 5.74) is 1.73. The molecule has 0 bridgehead atoms. The van der Waals surface area contributed by atoms with Gasteiger partial charge in [-0.1, -0.05) is 38.8 Å². The maximum Gasteiger partial charge on any atom is 0.319 e. The number of fused-ring (bicyclic) bond motifs is 3. The number of anilines is 1. The Balaban J connectivity index is 0.00000133. The van der Waals surface area contributed by atoms with Crippen LogP contribution in [0.2, 0.25) is 5.15 Å². The minimum absolute atomic E-state index is 0.0523. The molecular formula is C25H37ClN6O2. The molecule has 0 amide bonds. The van der Waals surface area contributed by atoms with Gasteiger partial charge in [-0.25, -0.2) is 4.52 Å². The highest BCUT2D eigenvalue weighted by atomic mass is 35.5. The van der Waals surface area contributed by atoms with Crippen LogP contribution in [0.15, 0.2) is 18.3 Å². The predicted molar refractivity (Wildman–Crippen MR) is 137 cm³/mol. The van der Waals surface area contributed by atoms with E-state index in [1.54, 1.807) is 10.7 Å². The minimum atomic E-state index is 0.0523. The van der Waals surface area contributed by atoms with Crippen molar-refractivity contribution < 1.29 is 9.47 Å². The summed E-state index contributed by atoms with van der Waals surface area (Å²) in [6.45, 7) is 11.0. The molecule has 3 aromatic rings. The van der Waals surface area contributed by atoms with E-state index in [0.717, 1.165) is 74.2 Å². The van der Waals surface area contributed by atoms with Gasteiger partial charge in [0.2, 0.25) is 0 Å². The first kappa shape index (κ1) is 24.9. The molecule has 0 N–H and O–H groups in total. The van der Waals surface area contributed by atoms with E-state index in [4.69, 9.17) is 31.0 Å². The summed E-state index contributed by atoms with van der Waals surface area (Å²) >= 11 is 6.52. The number of nitrogens with zero attached hydrogens (tertiary/aromatic N) is 6. The molecule has 5 heterocycles. The molecule has 2 fully saturated rings. The Hall–Kier alpha value is -2.16. The van der Waals surface area contributed by atoms with Crippen LogP contribution in [-0.2, 0) is 4.74 Å². The first-order chi connectivity index (χ1) is 16.6. The Morgan fingerprint density at radius 3 is 2.76 bits per heavy atom. The van der Waals surface area contributed by atoms with Crippen molar-refractivity contribution in [3.05, 3.63) is 23.5 Å². The Morgan fingerprint density at radius 1 is 1.15 bits per heavy atom. The van der Waals surface area contributed by atoms with Crippen molar-refractivity contribution in [2.24, 2.45) is 0 Å². The van der Waals surface area contributed by atoms with Crippen molar-refractivity contribution in [2.45, 2.75) is 58.4 Å². The Labute approximate surface area is 207 Å². The Kier molecular flexibility index (Phi) is 8.11. The molecule has 3 aromatic heterocycles. The van der Waals surface area contributed by atoms with Gasteiger partial charge in [-0.2, -0.15) is 15.1 Å². The minimum Gasteiger partial charge on any atom is -0.461 e. The van der Waals surface area contributed by atoms with Crippen LogP contribution in [0.25, 0.3) is 16.4 Å². The van der Waals surface area contributed by atoms with Gasteiger partial charge in [-0.15, -0.1) is 0 Å². The maximum atomic E-state index is 6.52. The summed E-state index contributed by atoms with van der Waals surface area (Å²) in [6, 6.07) is 4.22. The summed E-state index contributed by atoms with van der Waals surface area (Å²) in [4.78, 5) is 14.4. The number of halogens is 1. The lowest BCUT2D eigenvalue weighted by Crippen LogP contribution is -2.46. The number of hydrogen-bond donors (Lipinski definition) is 0. The van der Waals surface area contributed by atoms with Crippen LogP contribution in [-0.4, -0.2) is 76.5 Å². The third kappa shape index (κ3) is 4.81. The van der Waals surface area contributed by atoms with Gasteiger partial charge >= 0.3 is 6.01 Å². The lowest BCUT2D eigenvalue weighted by molar-refractivity contribution is 0.0828. The zero-order chi connectivity index (χ0) is 24.1. The third-order valence-corrected chi connectivity index (χ3v) is 7.18. The van der Waals surface area contributed by atoms with Crippen molar-refractivity contribution in [1.82, 2.24) is 24.5 Å². The van der Waals surface area contributed by atoms with Gasteiger partial charge in [0.15, 0.2) is 0 Å². The monoisotopic (exact) mass is 488 g/mol. The predicted octanol–water partition coefficient (Wildman–Crippen LogP) is 4.83. The molecule has 0 radical (unpaired) electrons. The fourth-order valence-corrected chi connectivity index (χ4v) is 5.43. The van der Waals surface area contributed by atoms with Crippen LogP contribution in [0.5, 0.6) is 6.01 Å². The average Bonchev–Trinajstić information content (AvgIpc) is 3.38. The van der Waals surface area contributed by atoms with Crippen LogP contribution in [0.3, 0.4) is 0 Å². The molecular weight excluding hydrogens is 452 g/mol. The van der Waals surface area contributed by atoms with Gasteiger partial charge in [0.1, 0.15) is 17.6 Å². The fourth-order valence-electron chi connectivity index (χ4n) is 5.19. The van der Waals surface area contributed by atoms with Gasteiger partial charge in [0.25, 0.3) is 0 Å². The fraction of sp³-hybridized carbons (Fsp3) is 0.640. The molecule has 2 aliphatic heterocycles. The quantitative estimate of drug-likeness (QED) is 0.460. The van der Waals surface area contributed by atoms with E-state index in [1.807, 2.05) is 26.0 Å². The number of hydrogen-bond acceptors (Lipinski definition) is 7. The largest absolute Gasteiger partial charge is 0.461 e. The van der Waals surface area contributed by atoms with E-state index in [0.29, 0.717) is 24.4 Å². The van der Waals surface area contributed by atoms with Crippen molar-refractivity contribution in [3.63, 3.8) is 0 Å². The molecule has 0 aromatic carbocycles. The summed E-state index contributed by atoms with van der Waals surface area (Å²) in [7, 11) is 2.20. The molecule has 34 heavy (non-hydrogen) atoms. The second-order valence-corrected chi connectivity index (χ2v) is 9.31. The number of likely N-dealkylation sites (tertiary alicyclic amines) is 1. The van der Waals surface area contributed by atoms with Crippen LogP contribution >= 0.6 is 11.6 Å². The molecule has 0 saturated carbocycles. The molecule has 186 valence electrons. The van der Waals surface area contributed by atoms with Crippen molar-refractivity contribution >= 4 is 33.8 Å². The zero-order valence-electron chi connectivity index (χ0n) is 20.9. The van der Waals surface area contributed by atoms with E-state index in [2.05, 4.69) is 28.9 Å². The molecule has 8 nitrogen and oxygen atoms in total. The maximum absolute atomic E-state index is 6.52. The SMILES string of the molecule is CC.CCCC1(COc2nc(N3CCCOCC3)c3c(cc(Cl)n4nccc34)n2)CCCN1C. The van der Waals surface area contributed by atoms with Gasteiger partial charge in [-0.3, -0.25) is 4.90 Å². The third-order valence-electron chi connectivity index (χ3n) is 6.91. The summed E-state index contributed by atoms with van der Waals surface area (Å²) in [5, 5.41) is 5.84. The van der Waals surface area contributed by atoms with E-state index in [1.165, 1.54) is 6.42 Å². The van der Waals surface area contributed by atoms with Crippen molar-refractivity contribution in [3.8, 4) is 6.01 Å². The van der Waals surface area contributed by atoms with Crippen LogP contribution in [0.1, 0.15) is 52.9 Å². The average molecular weight is 489 g/mol. The topological polar surface area (TPSA) is 68.0 Å². The number of ether oxygens (including phenoxy) is 2. The zero-order valence-corrected chi connectivity index (χ0v) is 21.6. The van der Waals surface area contributed by atoms with Gasteiger partial charge in [0, 0.05) is 25.8 Å². The van der Waals surface area contributed by atoms with Crippen LogP contribution in [0.4, 0.5) is 5.82 Å². The van der Waals surface area contributed by atoms with E-state index >= 15 is 0 Å². The van der Waals surface area contributed by atoms with Crippen LogP contribution in [0, 0.1) is 0 Å². The number of aromatic nitrogens is 4. The lowest BCUT2D eigenvalue weighted by atomic mass is 9.92. The highest BCUT2D eigenvalue weighted by molar-refractivity contribution is 6.30. The van der Waals surface area contributed by atoms with Crippen LogP contribution < -0.4 is 9.64 Å². The number of rotatable bonds is 6. The summed E-state index contributed by atoms with van der Waals surface area (Å²) in [5.74, 6) is 0.863. The van der Waals surface area contributed by atoms with Gasteiger partial charge < -0.3 is 14.4 Å². The van der Waals surface area contributed by atoms with E-state index in [9.17, 15) is 0 Å². The van der Waals surface area contributed by atoms with Crippen molar-refractivity contribution in [2.75, 3.05) is 51.4 Å². The Bertz CT molecular complexity index is 1100. The van der Waals surface area contributed by atoms with E-state index < -0.39 is 0 Å². The number of pyridine rings is 1. The van der Waals surface area contributed by atoms with Gasteiger partial charge in [0.05, 0.1) is 34.8 Å². The highest BCUT2D eigenvalue weighted by Gasteiger charge is 2.39. The summed E-state index contributed by atoms with van der Waals surface area (Å²) in [6.07, 6.45) is 7.28. The standard InChI is InChI=1S/C23H31ClN6O2.C2H6/c1-3-7-23(8-4-10-28(23)2)16-32-22-26-17-15-19(24)30-18(6-9-25-30)20(17)21(27-22)29-11-5-13-31-14-12-29;1-2/h6,9,15H,3-5,7-8,10-14,16H2,1-2H3;1-2H3. The number of likely N-dealkylation sites (N-methyl/N-ethyl adjacent to an activating group) is 1. The molecule has 1 atom stereocenters. The highest BCUT2D eigenvalue weighted by Crippen LogP contribution is 2.35. The molecule has 1 unspecified atom stereocenters. The first-order valence-electron chi connectivity index (χ1n) is 12.6. The normalized spacial score (nSPS) is 21.5. The smallest absolute Gasteiger partial charge is 0.319 e. The van der Waals surface area contributed by atoms with Crippen molar-refractivity contribution in [1.29, 1.82) is 0 Å². The first-order valence-corrected chi connectivity index (χ1v) is 13.0. The second-order valence-electron chi connectivity index (χ2n) is 8.93. The second kappa shape index (κ2) is 11.1. The van der Waals surface area contributed by atoms with Gasteiger partial charge in [-0.05, 0) is 45.3 Å². The molecule has 0 spiro atoms.